The van der Waals surface area contributed by atoms with Gasteiger partial charge in [-0.15, -0.1) is 24.0 Å². The van der Waals surface area contributed by atoms with Crippen molar-refractivity contribution in [2.75, 3.05) is 46.3 Å². The number of methoxy groups -OCH3 is 2. The van der Waals surface area contributed by atoms with Gasteiger partial charge < -0.3 is 24.8 Å². The summed E-state index contributed by atoms with van der Waals surface area (Å²) >= 11 is 0. The van der Waals surface area contributed by atoms with Gasteiger partial charge in [-0.2, -0.15) is 0 Å². The first-order chi connectivity index (χ1) is 14.2. The molecule has 0 bridgehead atoms. The van der Waals surface area contributed by atoms with Gasteiger partial charge >= 0.3 is 0 Å². The van der Waals surface area contributed by atoms with Crippen molar-refractivity contribution in [1.82, 2.24) is 5.32 Å². The summed E-state index contributed by atoms with van der Waals surface area (Å²) in [7, 11) is 5.21. The van der Waals surface area contributed by atoms with Crippen LogP contribution in [-0.4, -0.2) is 47.0 Å². The normalized spacial score (nSPS) is 14.4. The van der Waals surface area contributed by atoms with E-state index in [9.17, 15) is 0 Å². The number of guanidine groups is 1. The fourth-order valence-electron chi connectivity index (χ4n) is 3.40. The molecule has 2 aromatic rings. The summed E-state index contributed by atoms with van der Waals surface area (Å²) in [5, 5.41) is 6.83. The van der Waals surface area contributed by atoms with Crippen LogP contribution in [0.25, 0.3) is 0 Å². The van der Waals surface area contributed by atoms with Gasteiger partial charge in [0.1, 0.15) is 11.5 Å². The molecule has 2 aromatic carbocycles. The second-order valence-corrected chi connectivity index (χ2v) is 7.25. The van der Waals surface area contributed by atoms with E-state index in [-0.39, 0.29) is 29.4 Å². The van der Waals surface area contributed by atoms with Gasteiger partial charge in [0.15, 0.2) is 5.96 Å². The third-order valence-electron chi connectivity index (χ3n) is 5.21. The quantitative estimate of drug-likeness (QED) is 0.208. The lowest BCUT2D eigenvalue weighted by atomic mass is 9.95. The highest BCUT2D eigenvalue weighted by Crippen LogP contribution is 2.50. The van der Waals surface area contributed by atoms with Crippen LogP contribution in [0.5, 0.6) is 11.5 Å². The molecule has 0 heterocycles. The highest BCUT2D eigenvalue weighted by atomic mass is 127. The van der Waals surface area contributed by atoms with E-state index in [0.29, 0.717) is 13.2 Å². The predicted molar refractivity (Wildman–Crippen MR) is 133 cm³/mol. The number of rotatable bonds is 10. The minimum absolute atomic E-state index is 0. The fraction of sp³-hybridized carbons (Fsp3) is 0.435. The Morgan fingerprint density at radius 3 is 2.57 bits per heavy atom. The van der Waals surface area contributed by atoms with E-state index in [4.69, 9.17) is 14.2 Å². The van der Waals surface area contributed by atoms with Crippen LogP contribution >= 0.6 is 24.0 Å². The van der Waals surface area contributed by atoms with Crippen molar-refractivity contribution in [3.8, 4) is 11.5 Å². The fourth-order valence-corrected chi connectivity index (χ4v) is 3.40. The van der Waals surface area contributed by atoms with Crippen molar-refractivity contribution in [2.45, 2.75) is 24.7 Å². The van der Waals surface area contributed by atoms with E-state index in [1.165, 1.54) is 5.56 Å². The number of halogens is 1. The molecule has 0 spiro atoms. The SMILES string of the molecule is CN=C(NCC1(c2ccccc2OC)CC1)Nc1cccc(OCCCOC)c1.I. The predicted octanol–water partition coefficient (Wildman–Crippen LogP) is 4.45. The maximum atomic E-state index is 5.78. The van der Waals surface area contributed by atoms with Crippen LogP contribution < -0.4 is 20.1 Å². The number of hydrogen-bond donors (Lipinski definition) is 2. The molecule has 0 aromatic heterocycles. The van der Waals surface area contributed by atoms with Gasteiger partial charge in [0.2, 0.25) is 0 Å². The molecule has 6 nitrogen and oxygen atoms in total. The zero-order valence-corrected chi connectivity index (χ0v) is 20.3. The van der Waals surface area contributed by atoms with E-state index in [0.717, 1.165) is 49.0 Å². The first kappa shape index (κ1) is 24.3. The number of nitrogens with zero attached hydrogens (tertiary/aromatic N) is 1. The molecular weight excluding hydrogens is 493 g/mol. The largest absolute Gasteiger partial charge is 0.496 e. The molecule has 2 N–H and O–H groups in total. The molecule has 164 valence electrons. The van der Waals surface area contributed by atoms with Crippen LogP contribution in [0.3, 0.4) is 0 Å². The van der Waals surface area contributed by atoms with Gasteiger partial charge in [0.25, 0.3) is 0 Å². The lowest BCUT2D eigenvalue weighted by Crippen LogP contribution is -2.36. The third kappa shape index (κ3) is 6.50. The minimum Gasteiger partial charge on any atom is -0.496 e. The zero-order chi connectivity index (χ0) is 20.5. The molecule has 1 fully saturated rings. The molecule has 0 saturated heterocycles. The van der Waals surface area contributed by atoms with Crippen LogP contribution in [0.1, 0.15) is 24.8 Å². The highest BCUT2D eigenvalue weighted by molar-refractivity contribution is 14.0. The van der Waals surface area contributed by atoms with Gasteiger partial charge in [-0.3, -0.25) is 4.99 Å². The lowest BCUT2D eigenvalue weighted by molar-refractivity contribution is 0.172. The summed E-state index contributed by atoms with van der Waals surface area (Å²) in [6.45, 7) is 2.13. The Labute approximate surface area is 196 Å². The first-order valence-electron chi connectivity index (χ1n) is 10.0. The van der Waals surface area contributed by atoms with Gasteiger partial charge in [0, 0.05) is 56.5 Å². The Bertz CT molecular complexity index is 825. The van der Waals surface area contributed by atoms with Crippen molar-refractivity contribution in [2.24, 2.45) is 4.99 Å². The van der Waals surface area contributed by atoms with Crippen molar-refractivity contribution in [1.29, 1.82) is 0 Å². The maximum Gasteiger partial charge on any atom is 0.195 e. The average molecular weight is 525 g/mol. The van der Waals surface area contributed by atoms with E-state index in [2.05, 4.69) is 27.8 Å². The Morgan fingerprint density at radius 2 is 1.87 bits per heavy atom. The summed E-state index contributed by atoms with van der Waals surface area (Å²) < 4.78 is 16.4. The summed E-state index contributed by atoms with van der Waals surface area (Å²) in [6, 6.07) is 16.2. The number of aliphatic imine (C=N–C) groups is 1. The smallest absolute Gasteiger partial charge is 0.195 e. The summed E-state index contributed by atoms with van der Waals surface area (Å²) in [6.07, 6.45) is 3.15. The average Bonchev–Trinajstić information content (AvgIpc) is 3.55. The monoisotopic (exact) mass is 525 g/mol. The molecule has 1 saturated carbocycles. The van der Waals surface area contributed by atoms with E-state index in [1.807, 2.05) is 36.4 Å². The van der Waals surface area contributed by atoms with Gasteiger partial charge in [-0.05, 0) is 31.0 Å². The van der Waals surface area contributed by atoms with Crippen molar-refractivity contribution in [3.63, 3.8) is 0 Å². The van der Waals surface area contributed by atoms with E-state index < -0.39 is 0 Å². The number of anilines is 1. The van der Waals surface area contributed by atoms with Crippen molar-refractivity contribution < 1.29 is 14.2 Å². The Morgan fingerprint density at radius 1 is 1.07 bits per heavy atom. The van der Waals surface area contributed by atoms with Crippen LogP contribution in [0.4, 0.5) is 5.69 Å². The van der Waals surface area contributed by atoms with E-state index >= 15 is 0 Å². The van der Waals surface area contributed by atoms with Crippen LogP contribution in [-0.2, 0) is 10.2 Å². The number of ether oxygens (including phenoxy) is 3. The van der Waals surface area contributed by atoms with Gasteiger partial charge in [-0.25, -0.2) is 0 Å². The standard InChI is InChI=1S/C23H31N3O3.HI/c1-24-22(26-18-8-6-9-19(16-18)29-15-7-14-27-2)25-17-23(12-13-23)20-10-4-5-11-21(20)28-3;/h4-6,8-11,16H,7,12-15,17H2,1-3H3,(H2,24,25,26);1H. The molecule has 1 aliphatic carbocycles. The maximum absolute atomic E-state index is 5.78. The van der Waals surface area contributed by atoms with Crippen molar-refractivity contribution in [3.05, 3.63) is 54.1 Å². The number of para-hydroxylation sites is 1. The van der Waals surface area contributed by atoms with Crippen molar-refractivity contribution >= 4 is 35.6 Å². The van der Waals surface area contributed by atoms with Crippen LogP contribution in [0.2, 0.25) is 0 Å². The molecular formula is C23H32IN3O3. The van der Waals surface area contributed by atoms with Gasteiger partial charge in [0.05, 0.1) is 13.7 Å². The zero-order valence-electron chi connectivity index (χ0n) is 17.9. The molecule has 0 aliphatic heterocycles. The molecule has 0 unspecified atom stereocenters. The summed E-state index contributed by atoms with van der Waals surface area (Å²) in [4.78, 5) is 4.37. The molecule has 0 atom stereocenters. The Kier molecular flexibility index (Phi) is 9.71. The first-order valence-corrected chi connectivity index (χ1v) is 10.0. The van der Waals surface area contributed by atoms with Crippen LogP contribution in [0.15, 0.2) is 53.5 Å². The lowest BCUT2D eigenvalue weighted by Gasteiger charge is -2.21. The molecule has 0 radical (unpaired) electrons. The Balaban J connectivity index is 0.00000320. The minimum atomic E-state index is 0. The molecule has 0 amide bonds. The highest BCUT2D eigenvalue weighted by Gasteiger charge is 2.46. The molecule has 7 heteroatoms. The molecule has 30 heavy (non-hydrogen) atoms. The second kappa shape index (κ2) is 12.0. The summed E-state index contributed by atoms with van der Waals surface area (Å²) in [5.74, 6) is 2.52. The number of benzene rings is 2. The van der Waals surface area contributed by atoms with E-state index in [1.54, 1.807) is 21.3 Å². The topological polar surface area (TPSA) is 64.1 Å². The molecule has 1 aliphatic rings. The number of hydrogen-bond acceptors (Lipinski definition) is 4. The Hall–Kier alpha value is -2.00. The number of nitrogens with one attached hydrogen (secondary N) is 2. The van der Waals surface area contributed by atoms with Crippen LogP contribution in [0, 0.1) is 0 Å². The van der Waals surface area contributed by atoms with Gasteiger partial charge in [-0.1, -0.05) is 24.3 Å². The summed E-state index contributed by atoms with van der Waals surface area (Å²) in [5.41, 5.74) is 2.30. The molecule has 3 rings (SSSR count). The third-order valence-corrected chi connectivity index (χ3v) is 5.21. The second-order valence-electron chi connectivity index (χ2n) is 7.25.